The van der Waals surface area contributed by atoms with E-state index in [0.717, 1.165) is 12.1 Å². The second-order valence-corrected chi connectivity index (χ2v) is 5.90. The molecule has 0 saturated heterocycles. The quantitative estimate of drug-likeness (QED) is 0.589. The van der Waals surface area contributed by atoms with Crippen molar-refractivity contribution in [3.63, 3.8) is 0 Å². The fourth-order valence-corrected chi connectivity index (χ4v) is 2.96. The van der Waals surface area contributed by atoms with E-state index in [0.29, 0.717) is 36.0 Å². The van der Waals surface area contributed by atoms with Crippen molar-refractivity contribution in [1.82, 2.24) is 19.5 Å². The minimum absolute atomic E-state index is 0.0335. The maximum absolute atomic E-state index is 9.25. The van der Waals surface area contributed by atoms with Gasteiger partial charge in [0.25, 0.3) is 0 Å². The zero-order valence-corrected chi connectivity index (χ0v) is 14.5. The first-order valence-corrected chi connectivity index (χ1v) is 8.62. The fraction of sp³-hybridized carbons (Fsp3) is 0.353. The first-order valence-electron chi connectivity index (χ1n) is 8.08. The molecule has 0 fully saturated rings. The number of aliphatic hydroxyl groups excluding tert-OH is 2. The van der Waals surface area contributed by atoms with Gasteiger partial charge in [0, 0.05) is 24.7 Å². The summed E-state index contributed by atoms with van der Waals surface area (Å²) in [4.78, 5) is 14.9. The van der Waals surface area contributed by atoms with Gasteiger partial charge in [-0.25, -0.2) is 15.0 Å². The number of nitrogens with zero attached hydrogens (tertiary/aromatic N) is 5. The highest BCUT2D eigenvalue weighted by atomic mass is 35.5. The lowest BCUT2D eigenvalue weighted by atomic mass is 10.1. The molecule has 1 aromatic carbocycles. The highest BCUT2D eigenvalue weighted by Gasteiger charge is 2.16. The van der Waals surface area contributed by atoms with Crippen LogP contribution in [0.2, 0.25) is 0 Å². The number of anilines is 1. The first-order chi connectivity index (χ1) is 12.3. The van der Waals surface area contributed by atoms with E-state index in [2.05, 4.69) is 15.0 Å². The Morgan fingerprint density at radius 3 is 2.36 bits per heavy atom. The van der Waals surface area contributed by atoms with Crippen molar-refractivity contribution in [3.05, 3.63) is 42.5 Å². The number of aliphatic hydroxyl groups is 2. The van der Waals surface area contributed by atoms with Crippen molar-refractivity contribution in [2.24, 2.45) is 0 Å². The predicted molar refractivity (Wildman–Crippen MR) is 97.5 cm³/mol. The Hall–Kier alpha value is -2.22. The maximum atomic E-state index is 9.25. The molecule has 0 radical (unpaired) electrons. The molecular weight excluding hydrogens is 342 g/mol. The Balaban J connectivity index is 2.00. The monoisotopic (exact) mass is 361 g/mol. The lowest BCUT2D eigenvalue weighted by molar-refractivity contribution is 0.281. The molecule has 0 atom stereocenters. The molecule has 0 saturated carbocycles. The van der Waals surface area contributed by atoms with E-state index < -0.39 is 0 Å². The van der Waals surface area contributed by atoms with E-state index >= 15 is 0 Å². The van der Waals surface area contributed by atoms with Crippen molar-refractivity contribution in [2.75, 3.05) is 37.1 Å². The van der Waals surface area contributed by atoms with Gasteiger partial charge < -0.3 is 15.1 Å². The Morgan fingerprint density at radius 2 is 1.72 bits per heavy atom. The van der Waals surface area contributed by atoms with Gasteiger partial charge in [0.1, 0.15) is 12.7 Å². The molecule has 25 heavy (non-hydrogen) atoms. The van der Waals surface area contributed by atoms with Gasteiger partial charge >= 0.3 is 0 Å². The molecule has 2 heterocycles. The Bertz CT molecular complexity index is 816. The van der Waals surface area contributed by atoms with E-state index in [4.69, 9.17) is 11.6 Å². The summed E-state index contributed by atoms with van der Waals surface area (Å²) >= 11 is 5.78. The molecule has 7 nitrogen and oxygen atoms in total. The number of benzene rings is 1. The Morgan fingerprint density at radius 1 is 1.00 bits per heavy atom. The van der Waals surface area contributed by atoms with Crippen molar-refractivity contribution in [1.29, 1.82) is 0 Å². The van der Waals surface area contributed by atoms with Gasteiger partial charge in [0.2, 0.25) is 0 Å². The summed E-state index contributed by atoms with van der Waals surface area (Å²) in [5, 5.41) is 18.5. The molecule has 2 N–H and O–H groups in total. The number of rotatable bonds is 8. The van der Waals surface area contributed by atoms with E-state index in [9.17, 15) is 10.2 Å². The molecule has 2 aromatic heterocycles. The number of halogens is 1. The van der Waals surface area contributed by atoms with Crippen LogP contribution in [0.4, 0.5) is 5.82 Å². The number of aryl methyl sites for hydroxylation is 1. The van der Waals surface area contributed by atoms with Crippen molar-refractivity contribution < 1.29 is 10.2 Å². The zero-order valence-electron chi connectivity index (χ0n) is 13.7. The summed E-state index contributed by atoms with van der Waals surface area (Å²) in [5.74, 6) is 1.20. The van der Waals surface area contributed by atoms with Crippen LogP contribution in [-0.4, -0.2) is 61.9 Å². The molecule has 0 amide bonds. The van der Waals surface area contributed by atoms with E-state index in [1.165, 1.54) is 11.9 Å². The SMILES string of the molecule is OCCN(CCO)c1ncnc2c1ncn2-c1ccc(CCCl)cc1. The Labute approximate surface area is 150 Å². The minimum atomic E-state index is -0.0335. The van der Waals surface area contributed by atoms with Crippen LogP contribution in [0.15, 0.2) is 36.9 Å². The standard InChI is InChI=1S/C17H20ClN5O2/c18-6-5-13-1-3-14(4-2-13)23-12-21-15-16(19-11-20-17(15)23)22(7-9-24)8-10-25/h1-4,11-12,24-25H,5-10H2. The van der Waals surface area contributed by atoms with Crippen LogP contribution in [0, 0.1) is 0 Å². The summed E-state index contributed by atoms with van der Waals surface area (Å²) in [5.41, 5.74) is 3.43. The summed E-state index contributed by atoms with van der Waals surface area (Å²) in [6.07, 6.45) is 4.01. The molecule has 0 aliphatic rings. The summed E-state index contributed by atoms with van der Waals surface area (Å²) < 4.78 is 1.89. The largest absolute Gasteiger partial charge is 0.395 e. The van der Waals surface area contributed by atoms with E-state index in [-0.39, 0.29) is 13.2 Å². The number of imidazole rings is 1. The smallest absolute Gasteiger partial charge is 0.170 e. The van der Waals surface area contributed by atoms with Crippen LogP contribution in [0.3, 0.4) is 0 Å². The average Bonchev–Trinajstić information content (AvgIpc) is 3.07. The van der Waals surface area contributed by atoms with Crippen LogP contribution in [0.1, 0.15) is 5.56 Å². The number of aromatic nitrogens is 4. The molecule has 3 aromatic rings. The third kappa shape index (κ3) is 3.73. The number of hydrogen-bond donors (Lipinski definition) is 2. The lowest BCUT2D eigenvalue weighted by Crippen LogP contribution is -2.30. The third-order valence-corrected chi connectivity index (χ3v) is 4.14. The normalized spacial score (nSPS) is 11.2. The average molecular weight is 362 g/mol. The number of alkyl halides is 1. The lowest BCUT2D eigenvalue weighted by Gasteiger charge is -2.21. The minimum Gasteiger partial charge on any atom is -0.395 e. The molecule has 0 aliphatic carbocycles. The van der Waals surface area contributed by atoms with Crippen molar-refractivity contribution >= 4 is 28.6 Å². The summed E-state index contributed by atoms with van der Waals surface area (Å²) in [6.45, 7) is 0.668. The van der Waals surface area contributed by atoms with Gasteiger partial charge in [-0.15, -0.1) is 11.6 Å². The van der Waals surface area contributed by atoms with Gasteiger partial charge in [-0.05, 0) is 24.1 Å². The zero-order chi connectivity index (χ0) is 17.6. The topological polar surface area (TPSA) is 87.3 Å². The second kappa shape index (κ2) is 8.24. The highest BCUT2D eigenvalue weighted by molar-refractivity contribution is 6.17. The van der Waals surface area contributed by atoms with Gasteiger partial charge in [-0.3, -0.25) is 4.57 Å². The fourth-order valence-electron chi connectivity index (χ4n) is 2.74. The van der Waals surface area contributed by atoms with Gasteiger partial charge in [-0.1, -0.05) is 12.1 Å². The second-order valence-electron chi connectivity index (χ2n) is 5.52. The molecule has 0 spiro atoms. The van der Waals surface area contributed by atoms with Crippen LogP contribution < -0.4 is 4.90 Å². The molecule has 8 heteroatoms. The maximum Gasteiger partial charge on any atom is 0.170 e. The predicted octanol–water partition coefficient (Wildman–Crippen LogP) is 1.39. The summed E-state index contributed by atoms with van der Waals surface area (Å²) in [7, 11) is 0. The Kier molecular flexibility index (Phi) is 5.80. The van der Waals surface area contributed by atoms with E-state index in [1.807, 2.05) is 28.8 Å². The van der Waals surface area contributed by atoms with Crippen LogP contribution >= 0.6 is 11.6 Å². The molecule has 0 aliphatic heterocycles. The molecule has 132 valence electrons. The first kappa shape index (κ1) is 17.6. The van der Waals surface area contributed by atoms with Crippen LogP contribution in [0.25, 0.3) is 16.9 Å². The van der Waals surface area contributed by atoms with Crippen LogP contribution in [0.5, 0.6) is 0 Å². The van der Waals surface area contributed by atoms with Gasteiger partial charge in [-0.2, -0.15) is 0 Å². The molecule has 0 unspecified atom stereocenters. The number of hydrogen-bond acceptors (Lipinski definition) is 6. The molecule has 3 rings (SSSR count). The van der Waals surface area contributed by atoms with Crippen molar-refractivity contribution in [3.8, 4) is 5.69 Å². The molecular formula is C17H20ClN5O2. The van der Waals surface area contributed by atoms with E-state index in [1.54, 1.807) is 11.2 Å². The number of fused-ring (bicyclic) bond motifs is 1. The van der Waals surface area contributed by atoms with Gasteiger partial charge in [0.05, 0.1) is 13.2 Å². The summed E-state index contributed by atoms with van der Waals surface area (Å²) in [6, 6.07) is 8.08. The third-order valence-electron chi connectivity index (χ3n) is 3.95. The van der Waals surface area contributed by atoms with Crippen LogP contribution in [-0.2, 0) is 6.42 Å². The van der Waals surface area contributed by atoms with Crippen molar-refractivity contribution in [2.45, 2.75) is 6.42 Å². The van der Waals surface area contributed by atoms with Gasteiger partial charge in [0.15, 0.2) is 17.0 Å². The molecule has 0 bridgehead atoms. The highest BCUT2D eigenvalue weighted by Crippen LogP contribution is 2.23.